The average Bonchev–Trinajstić information content (AvgIpc) is 2.94. The molecule has 3 N–H and O–H groups in total. The Morgan fingerprint density at radius 3 is 2.67 bits per heavy atom. The maximum Gasteiger partial charge on any atom is 0.237 e. The number of anilines is 1. The number of nitrogens with two attached hydrogens (primary N) is 1. The van der Waals surface area contributed by atoms with Gasteiger partial charge in [0.25, 0.3) is 0 Å². The molecule has 1 aromatic carbocycles. The van der Waals surface area contributed by atoms with E-state index in [1.807, 2.05) is 35.8 Å². The van der Waals surface area contributed by atoms with Crippen molar-refractivity contribution in [2.24, 2.45) is 11.7 Å². The molecule has 1 atom stereocenters. The molecular weight excluding hydrogens is 430 g/mol. The summed E-state index contributed by atoms with van der Waals surface area (Å²) in [5.41, 5.74) is 5.97. The maximum atomic E-state index is 12.5. The highest BCUT2D eigenvalue weighted by atomic mass is 79.9. The van der Waals surface area contributed by atoms with E-state index in [1.54, 1.807) is 0 Å². The van der Waals surface area contributed by atoms with Crippen LogP contribution in [0.25, 0.3) is 0 Å². The Balaban J connectivity index is 2.09. The van der Waals surface area contributed by atoms with Gasteiger partial charge in [-0.2, -0.15) is 0 Å². The Kier molecular flexibility index (Phi) is 7.85. The van der Waals surface area contributed by atoms with Crippen LogP contribution in [-0.4, -0.2) is 31.8 Å². The second kappa shape index (κ2) is 9.89. The van der Waals surface area contributed by atoms with E-state index in [1.165, 1.54) is 11.8 Å². The number of primary amides is 1. The number of thioether (sulfide) groups is 1. The van der Waals surface area contributed by atoms with E-state index in [0.29, 0.717) is 29.9 Å². The third-order valence-corrected chi connectivity index (χ3v) is 5.25. The predicted molar refractivity (Wildman–Crippen MR) is 110 cm³/mol. The van der Waals surface area contributed by atoms with Crippen LogP contribution in [0.2, 0.25) is 0 Å². The first-order chi connectivity index (χ1) is 12.8. The number of rotatable bonds is 9. The molecule has 1 aromatic heterocycles. The van der Waals surface area contributed by atoms with Crippen LogP contribution < -0.4 is 11.1 Å². The van der Waals surface area contributed by atoms with Crippen LogP contribution in [0, 0.1) is 5.92 Å². The van der Waals surface area contributed by atoms with Gasteiger partial charge < -0.3 is 15.6 Å². The summed E-state index contributed by atoms with van der Waals surface area (Å²) in [6, 6.07) is 7.44. The minimum atomic E-state index is -0.370. The minimum Gasteiger partial charge on any atom is -0.370 e. The van der Waals surface area contributed by atoms with Crippen LogP contribution >= 0.6 is 27.7 Å². The summed E-state index contributed by atoms with van der Waals surface area (Å²) >= 11 is 4.74. The largest absolute Gasteiger partial charge is 0.370 e. The van der Waals surface area contributed by atoms with Gasteiger partial charge in [-0.3, -0.25) is 9.59 Å². The molecule has 2 rings (SSSR count). The Morgan fingerprint density at radius 2 is 2.04 bits per heavy atom. The zero-order valence-electron chi connectivity index (χ0n) is 15.6. The molecule has 0 radical (unpaired) electrons. The molecule has 1 heterocycles. The molecule has 2 amide bonds. The number of carbonyl (C=O) groups excluding carboxylic acids is 2. The minimum absolute atomic E-state index is 0.115. The van der Waals surface area contributed by atoms with Gasteiger partial charge in [-0.05, 0) is 31.0 Å². The summed E-state index contributed by atoms with van der Waals surface area (Å²) < 4.78 is 2.87. The first kappa shape index (κ1) is 21.4. The maximum absolute atomic E-state index is 12.5. The molecule has 0 aliphatic heterocycles. The van der Waals surface area contributed by atoms with Gasteiger partial charge in [0.15, 0.2) is 5.16 Å². The summed E-state index contributed by atoms with van der Waals surface area (Å²) in [6.07, 6.45) is 0.661. The third kappa shape index (κ3) is 6.66. The number of nitrogens with zero attached hydrogens (tertiary/aromatic N) is 3. The SMILES string of the molecule is CC(C)Cn1c(CCC(N)=O)nnc1SC(C)C(=O)Nc1cccc(Br)c1. The van der Waals surface area contributed by atoms with Gasteiger partial charge in [0.2, 0.25) is 11.8 Å². The highest BCUT2D eigenvalue weighted by Gasteiger charge is 2.21. The fourth-order valence-corrected chi connectivity index (χ4v) is 3.67. The fourth-order valence-electron chi connectivity index (χ4n) is 2.40. The summed E-state index contributed by atoms with van der Waals surface area (Å²) in [4.78, 5) is 23.6. The van der Waals surface area contributed by atoms with E-state index in [2.05, 4.69) is 45.3 Å². The van der Waals surface area contributed by atoms with Gasteiger partial charge in [0, 0.05) is 29.5 Å². The Hall–Kier alpha value is -1.87. The molecule has 0 aliphatic rings. The number of hydrogen-bond acceptors (Lipinski definition) is 5. The quantitative estimate of drug-likeness (QED) is 0.567. The zero-order chi connectivity index (χ0) is 20.0. The summed E-state index contributed by atoms with van der Waals surface area (Å²) in [7, 11) is 0. The van der Waals surface area contributed by atoms with Crippen LogP contribution in [-0.2, 0) is 22.6 Å². The Bertz CT molecular complexity index is 809. The molecule has 146 valence electrons. The summed E-state index contributed by atoms with van der Waals surface area (Å²) in [5, 5.41) is 11.6. The number of aryl methyl sites for hydroxylation is 1. The molecule has 0 saturated heterocycles. The Morgan fingerprint density at radius 1 is 1.30 bits per heavy atom. The van der Waals surface area contributed by atoms with Crippen LogP contribution in [0.3, 0.4) is 0 Å². The molecule has 2 aromatic rings. The van der Waals surface area contributed by atoms with Crippen molar-refractivity contribution in [3.05, 3.63) is 34.6 Å². The van der Waals surface area contributed by atoms with Crippen molar-refractivity contribution in [3.8, 4) is 0 Å². The van der Waals surface area contributed by atoms with Crippen molar-refractivity contribution < 1.29 is 9.59 Å². The van der Waals surface area contributed by atoms with Gasteiger partial charge in [-0.15, -0.1) is 10.2 Å². The molecule has 0 saturated carbocycles. The lowest BCUT2D eigenvalue weighted by atomic mass is 10.2. The monoisotopic (exact) mass is 453 g/mol. The molecule has 7 nitrogen and oxygen atoms in total. The van der Waals surface area contributed by atoms with Crippen LogP contribution in [0.1, 0.15) is 33.0 Å². The molecule has 1 unspecified atom stereocenters. The van der Waals surface area contributed by atoms with Gasteiger partial charge in [-0.1, -0.05) is 47.6 Å². The van der Waals surface area contributed by atoms with Crippen LogP contribution in [0.15, 0.2) is 33.9 Å². The molecule has 0 fully saturated rings. The highest BCUT2D eigenvalue weighted by molar-refractivity contribution is 9.10. The standard InChI is InChI=1S/C18H24BrN5O2S/c1-11(2)10-24-16(8-7-15(20)25)22-23-18(24)27-12(3)17(26)21-14-6-4-5-13(19)9-14/h4-6,9,11-12H,7-8,10H2,1-3H3,(H2,20,25)(H,21,26). The Labute approximate surface area is 171 Å². The van der Waals surface area contributed by atoms with Gasteiger partial charge in [0.1, 0.15) is 5.82 Å². The lowest BCUT2D eigenvalue weighted by molar-refractivity contribution is -0.118. The van der Waals surface area contributed by atoms with E-state index in [-0.39, 0.29) is 23.5 Å². The van der Waals surface area contributed by atoms with Crippen molar-refractivity contribution in [1.82, 2.24) is 14.8 Å². The number of hydrogen-bond donors (Lipinski definition) is 2. The number of amides is 2. The van der Waals surface area contributed by atoms with Crippen molar-refractivity contribution >= 4 is 45.2 Å². The topological polar surface area (TPSA) is 103 Å². The lowest BCUT2D eigenvalue weighted by Gasteiger charge is -2.15. The molecule has 0 spiro atoms. The molecule has 0 bridgehead atoms. The van der Waals surface area contributed by atoms with Crippen molar-refractivity contribution in [2.75, 3.05) is 5.32 Å². The average molecular weight is 454 g/mol. The predicted octanol–water partition coefficient (Wildman–Crippen LogP) is 3.23. The van der Waals surface area contributed by atoms with Crippen molar-refractivity contribution in [1.29, 1.82) is 0 Å². The van der Waals surface area contributed by atoms with Crippen molar-refractivity contribution in [3.63, 3.8) is 0 Å². The van der Waals surface area contributed by atoms with Gasteiger partial charge in [-0.25, -0.2) is 0 Å². The van der Waals surface area contributed by atoms with Crippen LogP contribution in [0.4, 0.5) is 5.69 Å². The van der Waals surface area contributed by atoms with Crippen LogP contribution in [0.5, 0.6) is 0 Å². The molecular formula is C18H24BrN5O2S. The second-order valence-corrected chi connectivity index (χ2v) is 8.85. The van der Waals surface area contributed by atoms with E-state index in [9.17, 15) is 9.59 Å². The summed E-state index contributed by atoms with van der Waals surface area (Å²) in [6.45, 7) is 6.73. The van der Waals surface area contributed by atoms with Gasteiger partial charge >= 0.3 is 0 Å². The summed E-state index contributed by atoms with van der Waals surface area (Å²) in [5.74, 6) is 0.601. The third-order valence-electron chi connectivity index (χ3n) is 3.68. The first-order valence-electron chi connectivity index (χ1n) is 8.69. The number of carbonyl (C=O) groups is 2. The van der Waals surface area contributed by atoms with Crippen molar-refractivity contribution in [2.45, 2.75) is 50.6 Å². The molecule has 27 heavy (non-hydrogen) atoms. The highest BCUT2D eigenvalue weighted by Crippen LogP contribution is 2.25. The fraction of sp³-hybridized carbons (Fsp3) is 0.444. The number of benzene rings is 1. The van der Waals surface area contributed by atoms with E-state index in [0.717, 1.165) is 10.2 Å². The normalized spacial score (nSPS) is 12.2. The van der Waals surface area contributed by atoms with Gasteiger partial charge in [0.05, 0.1) is 5.25 Å². The lowest BCUT2D eigenvalue weighted by Crippen LogP contribution is -2.23. The molecule has 0 aliphatic carbocycles. The number of aromatic nitrogens is 3. The molecule has 9 heteroatoms. The number of nitrogens with one attached hydrogen (secondary N) is 1. The first-order valence-corrected chi connectivity index (χ1v) is 10.4. The van der Waals surface area contributed by atoms with E-state index < -0.39 is 0 Å². The van der Waals surface area contributed by atoms with E-state index >= 15 is 0 Å². The van der Waals surface area contributed by atoms with E-state index in [4.69, 9.17) is 5.73 Å². The zero-order valence-corrected chi connectivity index (χ0v) is 18.0. The smallest absolute Gasteiger partial charge is 0.237 e. The number of halogens is 1. The second-order valence-electron chi connectivity index (χ2n) is 6.63.